The number of aryl methyl sites for hydroxylation is 1. The summed E-state index contributed by atoms with van der Waals surface area (Å²) in [6, 6.07) is 12.3. The normalized spacial score (nSPS) is 17.9. The summed E-state index contributed by atoms with van der Waals surface area (Å²) < 4.78 is 15.4. The highest BCUT2D eigenvalue weighted by atomic mass is 19.1. The number of likely N-dealkylation sites (tertiary alicyclic amines) is 1. The van der Waals surface area contributed by atoms with Gasteiger partial charge in [0, 0.05) is 31.1 Å². The van der Waals surface area contributed by atoms with Crippen LogP contribution in [0.5, 0.6) is 0 Å². The number of carbonyl (C=O) groups excluding carboxylic acids is 1. The Hall–Kier alpha value is -2.97. The molecule has 2 aromatic carbocycles. The molecular weight excluding hydrogens is 461 g/mol. The molecule has 1 heterocycles. The Bertz CT molecular complexity index is 1080. The van der Waals surface area contributed by atoms with Crippen molar-refractivity contribution in [2.45, 2.75) is 64.0 Å². The lowest BCUT2D eigenvalue weighted by Crippen LogP contribution is -2.56. The number of nitrogens with one attached hydrogen (secondary N) is 1. The fourth-order valence-electron chi connectivity index (χ4n) is 5.20. The van der Waals surface area contributed by atoms with Gasteiger partial charge in [-0.05, 0) is 68.7 Å². The summed E-state index contributed by atoms with van der Waals surface area (Å²) in [6.45, 7) is 6.33. The number of benzene rings is 2. The smallest absolute Gasteiger partial charge is 0.404 e. The Morgan fingerprint density at radius 1 is 1.22 bits per heavy atom. The van der Waals surface area contributed by atoms with E-state index in [4.69, 9.17) is 10.8 Å². The van der Waals surface area contributed by atoms with Crippen LogP contribution in [0.25, 0.3) is 11.1 Å². The lowest BCUT2D eigenvalue weighted by Gasteiger charge is -2.44. The minimum Gasteiger partial charge on any atom is -0.465 e. The van der Waals surface area contributed by atoms with Gasteiger partial charge in [0.1, 0.15) is 5.82 Å². The second-order valence-corrected chi connectivity index (χ2v) is 10.3. The average molecular weight is 500 g/mol. The van der Waals surface area contributed by atoms with Crippen LogP contribution in [0.1, 0.15) is 57.6 Å². The Morgan fingerprint density at radius 3 is 2.61 bits per heavy atom. The number of nitrogens with zero attached hydrogens (tertiary/aromatic N) is 1. The lowest BCUT2D eigenvalue weighted by molar-refractivity contribution is -0.141. The van der Waals surface area contributed by atoms with E-state index in [2.05, 4.69) is 5.32 Å². The maximum Gasteiger partial charge on any atom is 0.404 e. The molecule has 2 amide bonds. The molecule has 0 spiro atoms. The number of carboxylic acid groups (broad SMARTS) is 1. The number of carbonyl (C=O) groups is 2. The predicted molar refractivity (Wildman–Crippen MR) is 138 cm³/mol. The van der Waals surface area contributed by atoms with E-state index in [9.17, 15) is 14.7 Å². The molecule has 7 nitrogen and oxygen atoms in total. The third-order valence-corrected chi connectivity index (χ3v) is 7.05. The van der Waals surface area contributed by atoms with Gasteiger partial charge in [0.15, 0.2) is 0 Å². The largest absolute Gasteiger partial charge is 0.465 e. The van der Waals surface area contributed by atoms with Gasteiger partial charge in [0.05, 0.1) is 11.1 Å². The molecule has 0 aliphatic carbocycles. The Labute approximate surface area is 212 Å². The molecule has 36 heavy (non-hydrogen) atoms. The first-order chi connectivity index (χ1) is 17.0. The van der Waals surface area contributed by atoms with Crippen LogP contribution in [0.3, 0.4) is 0 Å². The van der Waals surface area contributed by atoms with Crippen molar-refractivity contribution in [3.63, 3.8) is 0 Å². The molecule has 1 saturated heterocycles. The summed E-state index contributed by atoms with van der Waals surface area (Å²) in [5.74, 6) is -1.01. The van der Waals surface area contributed by atoms with E-state index in [1.807, 2.05) is 31.2 Å². The van der Waals surface area contributed by atoms with Crippen LogP contribution in [-0.2, 0) is 16.8 Å². The SMILES string of the molecule is CCc1cccc(-c2c(F)cccc2C(O)(CCCNC(=O)O)C2CCCN(C(=O)C(C)(C)N)C2)c1. The van der Waals surface area contributed by atoms with Crippen LogP contribution < -0.4 is 11.1 Å². The molecule has 3 rings (SSSR count). The van der Waals surface area contributed by atoms with E-state index in [0.717, 1.165) is 12.0 Å². The highest BCUT2D eigenvalue weighted by Gasteiger charge is 2.44. The van der Waals surface area contributed by atoms with E-state index >= 15 is 4.39 Å². The maximum atomic E-state index is 15.4. The molecule has 0 aromatic heterocycles. The molecule has 196 valence electrons. The predicted octanol–water partition coefficient (Wildman–Crippen LogP) is 4.27. The van der Waals surface area contributed by atoms with Gasteiger partial charge in [-0.3, -0.25) is 4.79 Å². The summed E-state index contributed by atoms with van der Waals surface area (Å²) in [7, 11) is 0. The standard InChI is InChI=1S/C28H38FN3O4/c1-4-19-9-5-10-20(17-19)24-22(12-6-13-23(24)29)28(36,14-8-15-31-26(34)35)21-11-7-16-32(18-21)25(33)27(2,3)30/h5-6,9-10,12-13,17,21,31,36H,4,7-8,11,14-16,18,30H2,1-3H3,(H,34,35). The Balaban J connectivity index is 2.07. The third-order valence-electron chi connectivity index (χ3n) is 7.05. The van der Waals surface area contributed by atoms with Crippen LogP contribution in [0.15, 0.2) is 42.5 Å². The monoisotopic (exact) mass is 499 g/mol. The molecule has 1 fully saturated rings. The van der Waals surface area contributed by atoms with Crippen molar-refractivity contribution in [3.8, 4) is 11.1 Å². The topological polar surface area (TPSA) is 116 Å². The highest BCUT2D eigenvalue weighted by molar-refractivity contribution is 5.85. The number of hydrogen-bond acceptors (Lipinski definition) is 4. The summed E-state index contributed by atoms with van der Waals surface area (Å²) in [5, 5.41) is 23.7. The number of aliphatic hydroxyl groups is 1. The van der Waals surface area contributed by atoms with Crippen molar-refractivity contribution in [2.75, 3.05) is 19.6 Å². The van der Waals surface area contributed by atoms with Gasteiger partial charge in [-0.25, -0.2) is 9.18 Å². The Morgan fingerprint density at radius 2 is 1.94 bits per heavy atom. The first kappa shape index (κ1) is 27.6. The minimum atomic E-state index is -1.49. The fraction of sp³-hybridized carbons (Fsp3) is 0.500. The molecule has 2 unspecified atom stereocenters. The molecule has 2 aromatic rings. The van der Waals surface area contributed by atoms with Crippen LogP contribution in [0.4, 0.5) is 9.18 Å². The van der Waals surface area contributed by atoms with Gasteiger partial charge in [-0.15, -0.1) is 0 Å². The number of nitrogens with two attached hydrogens (primary N) is 1. The number of halogens is 1. The van der Waals surface area contributed by atoms with Crippen molar-refractivity contribution in [3.05, 3.63) is 59.4 Å². The first-order valence-corrected chi connectivity index (χ1v) is 12.6. The van der Waals surface area contributed by atoms with Crippen LogP contribution in [0, 0.1) is 11.7 Å². The summed E-state index contributed by atoms with van der Waals surface area (Å²) in [6.07, 6.45) is 1.52. The molecule has 0 bridgehead atoms. The molecular formula is C28H38FN3O4. The van der Waals surface area contributed by atoms with Gasteiger partial charge >= 0.3 is 6.09 Å². The average Bonchev–Trinajstić information content (AvgIpc) is 2.85. The van der Waals surface area contributed by atoms with Crippen molar-refractivity contribution in [2.24, 2.45) is 11.7 Å². The van der Waals surface area contributed by atoms with E-state index in [1.54, 1.807) is 30.9 Å². The molecule has 5 N–H and O–H groups in total. The lowest BCUT2D eigenvalue weighted by atomic mass is 9.72. The van der Waals surface area contributed by atoms with E-state index < -0.39 is 23.1 Å². The molecule has 0 saturated carbocycles. The van der Waals surface area contributed by atoms with Crippen LogP contribution in [0.2, 0.25) is 0 Å². The maximum absolute atomic E-state index is 15.4. The number of rotatable bonds is 9. The zero-order valence-corrected chi connectivity index (χ0v) is 21.4. The van der Waals surface area contributed by atoms with Crippen molar-refractivity contribution in [1.29, 1.82) is 0 Å². The second-order valence-electron chi connectivity index (χ2n) is 10.3. The van der Waals surface area contributed by atoms with Gasteiger partial charge in [0.25, 0.3) is 0 Å². The summed E-state index contributed by atoms with van der Waals surface area (Å²) in [5.41, 5.74) is 6.07. The zero-order valence-electron chi connectivity index (χ0n) is 21.4. The van der Waals surface area contributed by atoms with Gasteiger partial charge < -0.3 is 26.2 Å². The van der Waals surface area contributed by atoms with Crippen LogP contribution >= 0.6 is 0 Å². The molecule has 0 radical (unpaired) electrons. The van der Waals surface area contributed by atoms with Crippen LogP contribution in [-0.4, -0.2) is 52.3 Å². The quantitative estimate of drug-likeness (QED) is 0.385. The van der Waals surface area contributed by atoms with E-state index in [-0.39, 0.29) is 31.3 Å². The molecule has 8 heteroatoms. The molecule has 1 aliphatic heterocycles. The Kier molecular flexibility index (Phi) is 8.74. The van der Waals surface area contributed by atoms with Gasteiger partial charge in [-0.2, -0.15) is 0 Å². The first-order valence-electron chi connectivity index (χ1n) is 12.6. The number of piperidine rings is 1. The summed E-state index contributed by atoms with van der Waals surface area (Å²) in [4.78, 5) is 25.6. The van der Waals surface area contributed by atoms with E-state index in [0.29, 0.717) is 42.5 Å². The highest BCUT2D eigenvalue weighted by Crippen LogP contribution is 2.44. The minimum absolute atomic E-state index is 0.152. The second kappa shape index (κ2) is 11.4. The fourth-order valence-corrected chi connectivity index (χ4v) is 5.20. The third kappa shape index (κ3) is 6.23. The van der Waals surface area contributed by atoms with Crippen molar-refractivity contribution < 1.29 is 24.2 Å². The summed E-state index contributed by atoms with van der Waals surface area (Å²) >= 11 is 0. The van der Waals surface area contributed by atoms with Gasteiger partial charge in [-0.1, -0.05) is 43.3 Å². The number of amides is 2. The number of hydrogen-bond donors (Lipinski definition) is 4. The van der Waals surface area contributed by atoms with E-state index in [1.165, 1.54) is 6.07 Å². The van der Waals surface area contributed by atoms with Crippen molar-refractivity contribution >= 4 is 12.0 Å². The molecule has 1 aliphatic rings. The van der Waals surface area contributed by atoms with Crippen molar-refractivity contribution in [1.82, 2.24) is 10.2 Å². The zero-order chi connectivity index (χ0) is 26.5. The molecule has 2 atom stereocenters. The van der Waals surface area contributed by atoms with Gasteiger partial charge in [0.2, 0.25) is 5.91 Å².